The predicted molar refractivity (Wildman–Crippen MR) is 91.2 cm³/mol. The molecular formula is C21H18. The second-order valence-corrected chi connectivity index (χ2v) is 5.10. The largest absolute Gasteiger partial charge is 0.103 e. The Balaban J connectivity index is 2.09. The quantitative estimate of drug-likeness (QED) is 0.529. The molecule has 0 amide bonds. The first-order valence-corrected chi connectivity index (χ1v) is 7.23. The average Bonchev–Trinajstić information content (AvgIpc) is 2.57. The summed E-state index contributed by atoms with van der Waals surface area (Å²) in [5.74, 6) is 0. The Hall–Kier alpha value is -2.60. The fourth-order valence-corrected chi connectivity index (χ4v) is 2.63. The van der Waals surface area contributed by atoms with Gasteiger partial charge in [-0.15, -0.1) is 6.58 Å². The van der Waals surface area contributed by atoms with Crippen LogP contribution in [0.1, 0.15) is 5.56 Å². The summed E-state index contributed by atoms with van der Waals surface area (Å²) in [6.45, 7) is 3.89. The van der Waals surface area contributed by atoms with E-state index in [1.54, 1.807) is 0 Å². The molecule has 0 N–H and O–H groups in total. The SMILES string of the molecule is C=CCc1cc(-c2ccccc2)ccc1-c1ccccc1. The zero-order chi connectivity index (χ0) is 14.5. The Morgan fingerprint density at radius 3 is 1.90 bits per heavy atom. The summed E-state index contributed by atoms with van der Waals surface area (Å²) < 4.78 is 0. The molecule has 0 aliphatic rings. The highest BCUT2D eigenvalue weighted by Crippen LogP contribution is 2.29. The Kier molecular flexibility index (Phi) is 3.97. The molecule has 0 heterocycles. The summed E-state index contributed by atoms with van der Waals surface area (Å²) in [5.41, 5.74) is 6.37. The van der Waals surface area contributed by atoms with Gasteiger partial charge in [0.15, 0.2) is 0 Å². The van der Waals surface area contributed by atoms with E-state index in [-0.39, 0.29) is 0 Å². The van der Waals surface area contributed by atoms with Gasteiger partial charge in [0.05, 0.1) is 0 Å². The standard InChI is InChI=1S/C21H18/c1-2-9-20-16-19(17-10-5-3-6-11-17)14-15-21(20)18-12-7-4-8-13-18/h2-8,10-16H,1,9H2. The Morgan fingerprint density at radius 1 is 0.667 bits per heavy atom. The number of benzene rings is 3. The minimum atomic E-state index is 0.880. The second-order valence-electron chi connectivity index (χ2n) is 5.10. The summed E-state index contributed by atoms with van der Waals surface area (Å²) in [6, 6.07) is 27.7. The van der Waals surface area contributed by atoms with Crippen molar-refractivity contribution in [3.05, 3.63) is 97.1 Å². The molecule has 0 saturated carbocycles. The minimum absolute atomic E-state index is 0.880. The van der Waals surface area contributed by atoms with Gasteiger partial charge in [0.1, 0.15) is 0 Å². The van der Waals surface area contributed by atoms with Crippen LogP contribution in [0.4, 0.5) is 0 Å². The molecule has 102 valence electrons. The lowest BCUT2D eigenvalue weighted by Crippen LogP contribution is -1.90. The molecule has 0 nitrogen and oxygen atoms in total. The molecule has 3 aromatic rings. The molecular weight excluding hydrogens is 252 g/mol. The maximum atomic E-state index is 3.89. The van der Waals surface area contributed by atoms with Gasteiger partial charge in [0.25, 0.3) is 0 Å². The van der Waals surface area contributed by atoms with Crippen molar-refractivity contribution in [1.29, 1.82) is 0 Å². The maximum Gasteiger partial charge on any atom is -0.00938 e. The molecule has 0 saturated heterocycles. The summed E-state index contributed by atoms with van der Waals surface area (Å²) in [5, 5.41) is 0. The van der Waals surface area contributed by atoms with E-state index in [4.69, 9.17) is 0 Å². The van der Waals surface area contributed by atoms with Crippen molar-refractivity contribution < 1.29 is 0 Å². The molecule has 0 bridgehead atoms. The van der Waals surface area contributed by atoms with Gasteiger partial charge in [-0.05, 0) is 34.2 Å². The van der Waals surface area contributed by atoms with E-state index in [0.29, 0.717) is 0 Å². The van der Waals surface area contributed by atoms with Crippen molar-refractivity contribution in [2.75, 3.05) is 0 Å². The Labute approximate surface area is 126 Å². The van der Waals surface area contributed by atoms with Gasteiger partial charge >= 0.3 is 0 Å². The highest BCUT2D eigenvalue weighted by atomic mass is 14.1. The minimum Gasteiger partial charge on any atom is -0.103 e. The third kappa shape index (κ3) is 2.95. The van der Waals surface area contributed by atoms with Crippen LogP contribution in [-0.4, -0.2) is 0 Å². The normalized spacial score (nSPS) is 10.3. The van der Waals surface area contributed by atoms with Crippen molar-refractivity contribution >= 4 is 0 Å². The van der Waals surface area contributed by atoms with Crippen LogP contribution in [0.25, 0.3) is 22.3 Å². The number of rotatable bonds is 4. The molecule has 3 aromatic carbocycles. The van der Waals surface area contributed by atoms with Gasteiger partial charge in [-0.25, -0.2) is 0 Å². The molecule has 0 spiro atoms. The first-order chi connectivity index (χ1) is 10.4. The third-order valence-electron chi connectivity index (χ3n) is 3.66. The first-order valence-electron chi connectivity index (χ1n) is 7.23. The van der Waals surface area contributed by atoms with Crippen LogP contribution in [0.15, 0.2) is 91.5 Å². The predicted octanol–water partition coefficient (Wildman–Crippen LogP) is 5.75. The topological polar surface area (TPSA) is 0 Å². The molecule has 0 atom stereocenters. The number of hydrogen-bond donors (Lipinski definition) is 0. The highest BCUT2D eigenvalue weighted by Gasteiger charge is 2.06. The van der Waals surface area contributed by atoms with Crippen LogP contribution in [0.2, 0.25) is 0 Å². The molecule has 0 fully saturated rings. The van der Waals surface area contributed by atoms with Gasteiger partial charge in [-0.1, -0.05) is 84.9 Å². The van der Waals surface area contributed by atoms with Crippen molar-refractivity contribution in [2.24, 2.45) is 0 Å². The van der Waals surface area contributed by atoms with Crippen LogP contribution in [-0.2, 0) is 6.42 Å². The van der Waals surface area contributed by atoms with Crippen LogP contribution < -0.4 is 0 Å². The van der Waals surface area contributed by atoms with E-state index >= 15 is 0 Å². The van der Waals surface area contributed by atoms with E-state index < -0.39 is 0 Å². The second kappa shape index (κ2) is 6.23. The zero-order valence-electron chi connectivity index (χ0n) is 12.0. The molecule has 0 radical (unpaired) electrons. The number of allylic oxidation sites excluding steroid dienone is 1. The average molecular weight is 270 g/mol. The Bertz CT molecular complexity index is 725. The van der Waals surface area contributed by atoms with E-state index in [0.717, 1.165) is 6.42 Å². The lowest BCUT2D eigenvalue weighted by Gasteiger charge is -2.11. The maximum absolute atomic E-state index is 3.89. The molecule has 3 rings (SSSR count). The van der Waals surface area contributed by atoms with Crippen LogP contribution >= 0.6 is 0 Å². The summed E-state index contributed by atoms with van der Waals surface area (Å²) in [6.07, 6.45) is 2.85. The number of hydrogen-bond acceptors (Lipinski definition) is 0. The third-order valence-corrected chi connectivity index (χ3v) is 3.66. The molecule has 0 aliphatic heterocycles. The Morgan fingerprint density at radius 2 is 1.29 bits per heavy atom. The van der Waals surface area contributed by atoms with Crippen molar-refractivity contribution in [1.82, 2.24) is 0 Å². The fraction of sp³-hybridized carbons (Fsp3) is 0.0476. The molecule has 0 aliphatic carbocycles. The van der Waals surface area contributed by atoms with Crippen molar-refractivity contribution in [2.45, 2.75) is 6.42 Å². The summed E-state index contributed by atoms with van der Waals surface area (Å²) >= 11 is 0. The van der Waals surface area contributed by atoms with Gasteiger partial charge in [-0.3, -0.25) is 0 Å². The summed E-state index contributed by atoms with van der Waals surface area (Å²) in [4.78, 5) is 0. The van der Waals surface area contributed by atoms with Crippen molar-refractivity contribution in [3.8, 4) is 22.3 Å². The molecule has 0 unspecified atom stereocenters. The van der Waals surface area contributed by atoms with E-state index in [1.807, 2.05) is 12.1 Å². The fourth-order valence-electron chi connectivity index (χ4n) is 2.63. The summed E-state index contributed by atoms with van der Waals surface area (Å²) in [7, 11) is 0. The van der Waals surface area contributed by atoms with Crippen molar-refractivity contribution in [3.63, 3.8) is 0 Å². The van der Waals surface area contributed by atoms with Crippen LogP contribution in [0, 0.1) is 0 Å². The van der Waals surface area contributed by atoms with Crippen LogP contribution in [0.5, 0.6) is 0 Å². The van der Waals surface area contributed by atoms with Gasteiger partial charge < -0.3 is 0 Å². The highest BCUT2D eigenvalue weighted by molar-refractivity contribution is 5.74. The van der Waals surface area contributed by atoms with Gasteiger partial charge in [0.2, 0.25) is 0 Å². The molecule has 0 heteroatoms. The van der Waals surface area contributed by atoms with Crippen LogP contribution in [0.3, 0.4) is 0 Å². The lowest BCUT2D eigenvalue weighted by atomic mass is 9.93. The molecule has 21 heavy (non-hydrogen) atoms. The monoisotopic (exact) mass is 270 g/mol. The van der Waals surface area contributed by atoms with E-state index in [1.165, 1.54) is 27.8 Å². The van der Waals surface area contributed by atoms with Gasteiger partial charge in [0, 0.05) is 0 Å². The van der Waals surface area contributed by atoms with E-state index in [9.17, 15) is 0 Å². The van der Waals surface area contributed by atoms with Gasteiger partial charge in [-0.2, -0.15) is 0 Å². The zero-order valence-corrected chi connectivity index (χ0v) is 12.0. The smallest absolute Gasteiger partial charge is 0.00938 e. The first kappa shape index (κ1) is 13.4. The lowest BCUT2D eigenvalue weighted by molar-refractivity contribution is 1.28. The molecule has 0 aromatic heterocycles. The van der Waals surface area contributed by atoms with E-state index in [2.05, 4.69) is 79.4 Å².